The van der Waals surface area contributed by atoms with Crippen molar-refractivity contribution in [3.8, 4) is 0 Å². The number of nitrogens with zero attached hydrogens (tertiary/aromatic N) is 1. The van der Waals surface area contributed by atoms with Gasteiger partial charge in [0.05, 0.1) is 12.2 Å². The Labute approximate surface area is 109 Å². The second-order valence-electron chi connectivity index (χ2n) is 4.90. The second kappa shape index (κ2) is 6.21. The van der Waals surface area contributed by atoms with Crippen LogP contribution in [0.4, 0.5) is 5.69 Å². The molecule has 2 atom stereocenters. The van der Waals surface area contributed by atoms with Crippen LogP contribution in [-0.4, -0.2) is 30.9 Å². The summed E-state index contributed by atoms with van der Waals surface area (Å²) in [5.41, 5.74) is 2.16. The topological polar surface area (TPSA) is 32.7 Å². The molecule has 1 N–H and O–H groups in total. The van der Waals surface area contributed by atoms with E-state index < -0.39 is 6.10 Å². The number of anilines is 1. The highest BCUT2D eigenvalue weighted by Crippen LogP contribution is 2.28. The zero-order valence-electron chi connectivity index (χ0n) is 11.3. The third-order valence-electron chi connectivity index (χ3n) is 3.51. The first kappa shape index (κ1) is 13.4. The molecule has 3 nitrogen and oxygen atoms in total. The smallest absolute Gasteiger partial charge is 0.0781 e. The van der Waals surface area contributed by atoms with E-state index in [0.29, 0.717) is 6.10 Å². The van der Waals surface area contributed by atoms with E-state index in [-0.39, 0.29) is 0 Å². The van der Waals surface area contributed by atoms with Crippen LogP contribution in [0.15, 0.2) is 24.3 Å². The third kappa shape index (κ3) is 3.03. The van der Waals surface area contributed by atoms with Gasteiger partial charge < -0.3 is 14.7 Å². The number of hydrogen-bond acceptors (Lipinski definition) is 3. The molecule has 1 heterocycles. The number of ether oxygens (including phenoxy) is 1. The van der Waals surface area contributed by atoms with Crippen molar-refractivity contribution in [2.45, 2.75) is 38.9 Å². The minimum atomic E-state index is -0.423. The SMILES string of the molecule is CCOC1CCCN(c2ccccc2[C@H](C)O)C1. The molecular weight excluding hydrogens is 226 g/mol. The number of aliphatic hydroxyl groups is 1. The second-order valence-corrected chi connectivity index (χ2v) is 4.90. The van der Waals surface area contributed by atoms with Crippen LogP contribution in [0.5, 0.6) is 0 Å². The molecule has 1 aliphatic heterocycles. The largest absolute Gasteiger partial charge is 0.389 e. The summed E-state index contributed by atoms with van der Waals surface area (Å²) < 4.78 is 5.73. The monoisotopic (exact) mass is 249 g/mol. The lowest BCUT2D eigenvalue weighted by Gasteiger charge is -2.35. The molecule has 0 spiro atoms. The standard InChI is InChI=1S/C15H23NO2/c1-3-18-13-7-6-10-16(11-13)15-9-5-4-8-14(15)12(2)17/h4-5,8-9,12-13,17H,3,6-7,10-11H2,1-2H3/t12-,13?/m0/s1. The van der Waals surface area contributed by atoms with Gasteiger partial charge >= 0.3 is 0 Å². The Balaban J connectivity index is 2.15. The Morgan fingerprint density at radius 3 is 2.94 bits per heavy atom. The van der Waals surface area contributed by atoms with Crippen molar-refractivity contribution in [2.24, 2.45) is 0 Å². The predicted molar refractivity (Wildman–Crippen MR) is 73.9 cm³/mol. The maximum Gasteiger partial charge on any atom is 0.0781 e. The minimum Gasteiger partial charge on any atom is -0.389 e. The zero-order valence-corrected chi connectivity index (χ0v) is 11.3. The first-order valence-corrected chi connectivity index (χ1v) is 6.86. The average molecular weight is 249 g/mol. The molecule has 3 heteroatoms. The fraction of sp³-hybridized carbons (Fsp3) is 0.600. The van der Waals surface area contributed by atoms with Crippen molar-refractivity contribution in [3.05, 3.63) is 29.8 Å². The van der Waals surface area contributed by atoms with E-state index in [1.54, 1.807) is 0 Å². The molecule has 2 rings (SSSR count). The molecule has 100 valence electrons. The number of para-hydroxylation sites is 1. The Hall–Kier alpha value is -1.06. The Morgan fingerprint density at radius 2 is 2.22 bits per heavy atom. The van der Waals surface area contributed by atoms with Crippen molar-refractivity contribution in [2.75, 3.05) is 24.6 Å². The van der Waals surface area contributed by atoms with Crippen molar-refractivity contribution < 1.29 is 9.84 Å². The highest BCUT2D eigenvalue weighted by atomic mass is 16.5. The van der Waals surface area contributed by atoms with E-state index in [1.807, 2.05) is 32.0 Å². The molecule has 1 aliphatic rings. The van der Waals surface area contributed by atoms with Crippen LogP contribution in [0.2, 0.25) is 0 Å². The molecule has 1 fully saturated rings. The van der Waals surface area contributed by atoms with Crippen LogP contribution in [0, 0.1) is 0 Å². The number of piperidine rings is 1. The fourth-order valence-electron chi connectivity index (χ4n) is 2.66. The molecule has 1 aromatic rings. The van der Waals surface area contributed by atoms with Crippen molar-refractivity contribution in [3.63, 3.8) is 0 Å². The van der Waals surface area contributed by atoms with Gasteiger partial charge in [0.15, 0.2) is 0 Å². The van der Waals surface area contributed by atoms with Crippen LogP contribution < -0.4 is 4.90 Å². The van der Waals surface area contributed by atoms with Gasteiger partial charge in [-0.15, -0.1) is 0 Å². The van der Waals surface area contributed by atoms with Gasteiger partial charge in [-0.1, -0.05) is 18.2 Å². The van der Waals surface area contributed by atoms with Crippen molar-refractivity contribution in [1.82, 2.24) is 0 Å². The lowest BCUT2D eigenvalue weighted by atomic mass is 10.0. The molecule has 0 aromatic heterocycles. The normalized spacial score (nSPS) is 21.9. The summed E-state index contributed by atoms with van der Waals surface area (Å²) in [6.45, 7) is 6.62. The molecule has 0 radical (unpaired) electrons. The summed E-state index contributed by atoms with van der Waals surface area (Å²) >= 11 is 0. The van der Waals surface area contributed by atoms with Gasteiger partial charge in [-0.3, -0.25) is 0 Å². The van der Waals surface area contributed by atoms with E-state index >= 15 is 0 Å². The summed E-state index contributed by atoms with van der Waals surface area (Å²) in [4.78, 5) is 2.34. The molecule has 1 aromatic carbocycles. The van der Waals surface area contributed by atoms with Crippen molar-refractivity contribution in [1.29, 1.82) is 0 Å². The van der Waals surface area contributed by atoms with E-state index in [1.165, 1.54) is 0 Å². The number of rotatable bonds is 4. The minimum absolute atomic E-state index is 0.325. The summed E-state index contributed by atoms with van der Waals surface area (Å²) in [5.74, 6) is 0. The Morgan fingerprint density at radius 1 is 1.44 bits per heavy atom. The molecule has 18 heavy (non-hydrogen) atoms. The van der Waals surface area contributed by atoms with E-state index in [9.17, 15) is 5.11 Å². The molecule has 1 saturated heterocycles. The van der Waals surface area contributed by atoms with Crippen LogP contribution in [0.25, 0.3) is 0 Å². The van der Waals surface area contributed by atoms with Gasteiger partial charge in [0, 0.05) is 30.9 Å². The van der Waals surface area contributed by atoms with Gasteiger partial charge in [0.2, 0.25) is 0 Å². The van der Waals surface area contributed by atoms with Gasteiger partial charge in [-0.05, 0) is 32.8 Å². The molecule has 1 unspecified atom stereocenters. The third-order valence-corrected chi connectivity index (χ3v) is 3.51. The zero-order chi connectivity index (χ0) is 13.0. The Bertz CT molecular complexity index is 377. The van der Waals surface area contributed by atoms with Crippen molar-refractivity contribution >= 4 is 5.69 Å². The van der Waals surface area contributed by atoms with Crippen LogP contribution in [0.1, 0.15) is 38.4 Å². The molecular formula is C15H23NO2. The van der Waals surface area contributed by atoms with Crippen LogP contribution >= 0.6 is 0 Å². The highest BCUT2D eigenvalue weighted by Gasteiger charge is 2.22. The maximum atomic E-state index is 9.85. The first-order chi connectivity index (χ1) is 8.72. The number of aliphatic hydroxyl groups excluding tert-OH is 1. The first-order valence-electron chi connectivity index (χ1n) is 6.86. The summed E-state index contributed by atoms with van der Waals surface area (Å²) in [6, 6.07) is 8.11. The summed E-state index contributed by atoms with van der Waals surface area (Å²) in [6.07, 6.45) is 2.19. The lowest BCUT2D eigenvalue weighted by Crippen LogP contribution is -2.40. The van der Waals surface area contributed by atoms with Crippen LogP contribution in [0.3, 0.4) is 0 Å². The van der Waals surface area contributed by atoms with E-state index in [0.717, 1.165) is 43.8 Å². The molecule has 0 bridgehead atoms. The van der Waals surface area contributed by atoms with Crippen LogP contribution in [-0.2, 0) is 4.74 Å². The molecule has 0 amide bonds. The molecule has 0 aliphatic carbocycles. The fourth-order valence-corrected chi connectivity index (χ4v) is 2.66. The lowest BCUT2D eigenvalue weighted by molar-refractivity contribution is 0.0525. The van der Waals surface area contributed by atoms with Gasteiger partial charge in [-0.25, -0.2) is 0 Å². The van der Waals surface area contributed by atoms with Gasteiger partial charge in [0.25, 0.3) is 0 Å². The molecule has 0 saturated carbocycles. The number of benzene rings is 1. The average Bonchev–Trinajstić information content (AvgIpc) is 2.39. The highest BCUT2D eigenvalue weighted by molar-refractivity contribution is 5.55. The predicted octanol–water partition coefficient (Wildman–Crippen LogP) is 2.75. The van der Waals surface area contributed by atoms with E-state index in [2.05, 4.69) is 11.0 Å². The maximum absolute atomic E-state index is 9.85. The van der Waals surface area contributed by atoms with Gasteiger partial charge in [-0.2, -0.15) is 0 Å². The van der Waals surface area contributed by atoms with E-state index in [4.69, 9.17) is 4.74 Å². The van der Waals surface area contributed by atoms with Gasteiger partial charge in [0.1, 0.15) is 0 Å². The number of hydrogen-bond donors (Lipinski definition) is 1. The summed E-state index contributed by atoms with van der Waals surface area (Å²) in [7, 11) is 0. The Kier molecular flexibility index (Phi) is 4.61. The summed E-state index contributed by atoms with van der Waals surface area (Å²) in [5, 5.41) is 9.85. The quantitative estimate of drug-likeness (QED) is 0.890.